The fourth-order valence-corrected chi connectivity index (χ4v) is 1.59. The number of nitrogens with one attached hydrogen (secondary N) is 1. The molecule has 1 N–H and O–H groups in total. The number of methoxy groups -OCH3 is 1. The molecule has 0 aliphatic carbocycles. The van der Waals surface area contributed by atoms with Gasteiger partial charge in [-0.25, -0.2) is 0 Å². The zero-order valence-electron chi connectivity index (χ0n) is 11.7. The van der Waals surface area contributed by atoms with Crippen LogP contribution in [0, 0.1) is 0 Å². The Morgan fingerprint density at radius 1 is 1.40 bits per heavy atom. The van der Waals surface area contributed by atoms with Gasteiger partial charge in [-0.1, -0.05) is 19.9 Å². The number of rotatable bonds is 5. The minimum absolute atomic E-state index is 0.172. The van der Waals surface area contributed by atoms with Crippen molar-refractivity contribution >= 4 is 5.91 Å². The van der Waals surface area contributed by atoms with Gasteiger partial charge >= 0.3 is 0 Å². The predicted molar refractivity (Wildman–Crippen MR) is 72.6 cm³/mol. The molecule has 2 rings (SSSR count). The van der Waals surface area contributed by atoms with Gasteiger partial charge in [-0.2, -0.15) is 0 Å². The maximum atomic E-state index is 12.0. The normalized spacial score (nSPS) is 10.6. The Hall–Kier alpha value is -2.37. The summed E-state index contributed by atoms with van der Waals surface area (Å²) in [5.41, 5.74) is 0.521. The first-order chi connectivity index (χ1) is 9.60. The SMILES string of the molecule is COc1cccc(C(=O)NCc2nnc(C(C)C)o2)c1. The Bertz CT molecular complexity index is 593. The molecule has 1 amide bonds. The second-order valence-corrected chi connectivity index (χ2v) is 4.60. The maximum absolute atomic E-state index is 12.0. The fraction of sp³-hybridized carbons (Fsp3) is 0.357. The molecule has 0 saturated carbocycles. The van der Waals surface area contributed by atoms with Crippen molar-refractivity contribution < 1.29 is 13.9 Å². The summed E-state index contributed by atoms with van der Waals surface area (Å²) in [6, 6.07) is 6.93. The van der Waals surface area contributed by atoms with E-state index in [1.165, 1.54) is 0 Å². The van der Waals surface area contributed by atoms with E-state index in [-0.39, 0.29) is 18.4 Å². The average Bonchev–Trinajstić information content (AvgIpc) is 2.94. The summed E-state index contributed by atoms with van der Waals surface area (Å²) in [5, 5.41) is 10.5. The molecule has 0 unspecified atom stereocenters. The van der Waals surface area contributed by atoms with Crippen LogP contribution in [0.1, 0.15) is 41.9 Å². The number of ether oxygens (including phenoxy) is 1. The zero-order valence-corrected chi connectivity index (χ0v) is 11.7. The van der Waals surface area contributed by atoms with E-state index in [2.05, 4.69) is 15.5 Å². The molecule has 0 atom stereocenters. The molecule has 106 valence electrons. The van der Waals surface area contributed by atoms with Crippen molar-refractivity contribution in [3.63, 3.8) is 0 Å². The van der Waals surface area contributed by atoms with Gasteiger partial charge in [0, 0.05) is 11.5 Å². The van der Waals surface area contributed by atoms with Crippen molar-refractivity contribution in [3.8, 4) is 5.75 Å². The Balaban J connectivity index is 1.97. The van der Waals surface area contributed by atoms with Gasteiger partial charge in [0.2, 0.25) is 11.8 Å². The van der Waals surface area contributed by atoms with Crippen LogP contribution in [0.4, 0.5) is 0 Å². The van der Waals surface area contributed by atoms with Gasteiger partial charge in [-0.15, -0.1) is 10.2 Å². The lowest BCUT2D eigenvalue weighted by Crippen LogP contribution is -2.22. The monoisotopic (exact) mass is 275 g/mol. The Labute approximate surface area is 117 Å². The number of nitrogens with zero attached hydrogens (tertiary/aromatic N) is 2. The summed E-state index contributed by atoms with van der Waals surface area (Å²) in [6.45, 7) is 4.13. The van der Waals surface area contributed by atoms with Gasteiger partial charge in [0.25, 0.3) is 5.91 Å². The smallest absolute Gasteiger partial charge is 0.251 e. The second-order valence-electron chi connectivity index (χ2n) is 4.60. The summed E-state index contributed by atoms with van der Waals surface area (Å²) < 4.78 is 10.5. The molecule has 0 saturated heterocycles. The minimum atomic E-state index is -0.215. The van der Waals surface area contributed by atoms with E-state index in [1.54, 1.807) is 31.4 Å². The number of hydrogen-bond donors (Lipinski definition) is 1. The van der Waals surface area contributed by atoms with Crippen molar-refractivity contribution in [2.24, 2.45) is 0 Å². The summed E-state index contributed by atoms with van der Waals surface area (Å²) in [5.74, 6) is 1.55. The minimum Gasteiger partial charge on any atom is -0.497 e. The molecule has 0 fully saturated rings. The molecule has 0 radical (unpaired) electrons. The van der Waals surface area contributed by atoms with Gasteiger partial charge in [0.05, 0.1) is 13.7 Å². The Morgan fingerprint density at radius 3 is 2.85 bits per heavy atom. The predicted octanol–water partition coefficient (Wildman–Crippen LogP) is 2.13. The van der Waals surface area contributed by atoms with Gasteiger partial charge in [-0.3, -0.25) is 4.79 Å². The van der Waals surface area contributed by atoms with E-state index in [0.29, 0.717) is 23.1 Å². The molecular weight excluding hydrogens is 258 g/mol. The zero-order chi connectivity index (χ0) is 14.5. The first kappa shape index (κ1) is 14.0. The number of carbonyl (C=O) groups excluding carboxylic acids is 1. The van der Waals surface area contributed by atoms with E-state index >= 15 is 0 Å². The second kappa shape index (κ2) is 6.18. The largest absolute Gasteiger partial charge is 0.497 e. The number of hydrogen-bond acceptors (Lipinski definition) is 5. The molecule has 2 aromatic rings. The van der Waals surface area contributed by atoms with Crippen LogP contribution in [0.2, 0.25) is 0 Å². The highest BCUT2D eigenvalue weighted by Crippen LogP contribution is 2.13. The molecule has 0 aliphatic heterocycles. The number of aromatic nitrogens is 2. The van der Waals surface area contributed by atoms with Crippen LogP contribution in [-0.4, -0.2) is 23.2 Å². The van der Waals surface area contributed by atoms with Gasteiger partial charge in [0.15, 0.2) is 0 Å². The molecule has 6 nitrogen and oxygen atoms in total. The van der Waals surface area contributed by atoms with Crippen LogP contribution >= 0.6 is 0 Å². The van der Waals surface area contributed by atoms with E-state index in [9.17, 15) is 4.79 Å². The van der Waals surface area contributed by atoms with E-state index in [4.69, 9.17) is 9.15 Å². The van der Waals surface area contributed by atoms with Gasteiger partial charge < -0.3 is 14.5 Å². The molecule has 1 heterocycles. The summed E-state index contributed by atoms with van der Waals surface area (Å²) in [6.07, 6.45) is 0. The Morgan fingerprint density at radius 2 is 2.20 bits per heavy atom. The lowest BCUT2D eigenvalue weighted by molar-refractivity contribution is 0.0946. The topological polar surface area (TPSA) is 77.2 Å². The van der Waals surface area contributed by atoms with Gasteiger partial charge in [0.1, 0.15) is 5.75 Å². The van der Waals surface area contributed by atoms with Crippen molar-refractivity contribution in [2.75, 3.05) is 7.11 Å². The highest BCUT2D eigenvalue weighted by Gasteiger charge is 2.11. The third-order valence-corrected chi connectivity index (χ3v) is 2.71. The quantitative estimate of drug-likeness (QED) is 0.904. The van der Waals surface area contributed by atoms with Crippen molar-refractivity contribution in [1.29, 1.82) is 0 Å². The third-order valence-electron chi connectivity index (χ3n) is 2.71. The maximum Gasteiger partial charge on any atom is 0.251 e. The highest BCUT2D eigenvalue weighted by atomic mass is 16.5. The van der Waals surface area contributed by atoms with Gasteiger partial charge in [-0.05, 0) is 18.2 Å². The molecule has 0 aliphatic rings. The van der Waals surface area contributed by atoms with Crippen LogP contribution in [0.15, 0.2) is 28.7 Å². The number of benzene rings is 1. The first-order valence-corrected chi connectivity index (χ1v) is 6.34. The molecular formula is C14H17N3O3. The van der Waals surface area contributed by atoms with Crippen molar-refractivity contribution in [1.82, 2.24) is 15.5 Å². The third kappa shape index (κ3) is 3.34. The van der Waals surface area contributed by atoms with Crippen molar-refractivity contribution in [3.05, 3.63) is 41.6 Å². The molecule has 1 aromatic carbocycles. The molecule has 0 spiro atoms. The van der Waals surface area contributed by atoms with Crippen LogP contribution < -0.4 is 10.1 Å². The molecule has 0 bridgehead atoms. The van der Waals surface area contributed by atoms with Crippen LogP contribution in [0.5, 0.6) is 5.75 Å². The highest BCUT2D eigenvalue weighted by molar-refractivity contribution is 5.94. The van der Waals surface area contributed by atoms with E-state index in [0.717, 1.165) is 0 Å². The number of carbonyl (C=O) groups is 1. The molecule has 6 heteroatoms. The summed E-state index contributed by atoms with van der Waals surface area (Å²) in [7, 11) is 1.56. The number of amides is 1. The summed E-state index contributed by atoms with van der Waals surface area (Å²) in [4.78, 5) is 12.0. The molecule has 20 heavy (non-hydrogen) atoms. The average molecular weight is 275 g/mol. The first-order valence-electron chi connectivity index (χ1n) is 6.34. The van der Waals surface area contributed by atoms with E-state index < -0.39 is 0 Å². The standard InChI is InChI=1S/C14H17N3O3/c1-9(2)14-17-16-12(20-14)8-15-13(18)10-5-4-6-11(7-10)19-3/h4-7,9H,8H2,1-3H3,(H,15,18). The lowest BCUT2D eigenvalue weighted by Gasteiger charge is -2.04. The molecule has 1 aromatic heterocycles. The Kier molecular flexibility index (Phi) is 4.34. The lowest BCUT2D eigenvalue weighted by atomic mass is 10.2. The van der Waals surface area contributed by atoms with Crippen LogP contribution in [-0.2, 0) is 6.54 Å². The van der Waals surface area contributed by atoms with E-state index in [1.807, 2.05) is 13.8 Å². The summed E-state index contributed by atoms with van der Waals surface area (Å²) >= 11 is 0. The van der Waals surface area contributed by atoms with Crippen molar-refractivity contribution in [2.45, 2.75) is 26.3 Å². The van der Waals surface area contributed by atoms with Crippen LogP contribution in [0.3, 0.4) is 0 Å². The fourth-order valence-electron chi connectivity index (χ4n) is 1.59. The van der Waals surface area contributed by atoms with Crippen LogP contribution in [0.25, 0.3) is 0 Å².